The van der Waals surface area contributed by atoms with Crippen molar-refractivity contribution in [1.82, 2.24) is 0 Å². The molecule has 4 aromatic carbocycles. The van der Waals surface area contributed by atoms with Crippen LogP contribution in [0.25, 0.3) is 10.8 Å². The summed E-state index contributed by atoms with van der Waals surface area (Å²) in [6.45, 7) is -0.446. The molecule has 0 radical (unpaired) electrons. The fraction of sp³-hybridized carbons (Fsp3) is 0.212. The van der Waals surface area contributed by atoms with E-state index in [1.165, 1.54) is 22.6 Å². The summed E-state index contributed by atoms with van der Waals surface area (Å²) in [5.41, 5.74) is 2.50. The van der Waals surface area contributed by atoms with Crippen molar-refractivity contribution in [3.8, 4) is 0 Å². The average Bonchev–Trinajstić information content (AvgIpc) is 3.25. The van der Waals surface area contributed by atoms with E-state index in [-0.39, 0.29) is 35.1 Å². The third-order valence-electron chi connectivity index (χ3n) is 7.96. The van der Waals surface area contributed by atoms with Crippen molar-refractivity contribution in [2.24, 2.45) is 11.8 Å². The van der Waals surface area contributed by atoms with Crippen LogP contribution in [-0.4, -0.2) is 30.3 Å². The Kier molecular flexibility index (Phi) is 6.86. The van der Waals surface area contributed by atoms with Crippen LogP contribution in [0.5, 0.6) is 0 Å². The predicted octanol–water partition coefficient (Wildman–Crippen LogP) is 5.71. The summed E-state index contributed by atoms with van der Waals surface area (Å²) in [4.78, 5) is 52.8. The second-order valence-corrected chi connectivity index (χ2v) is 10.3. The number of fused-ring (bicyclic) bond motifs is 2. The molecule has 1 aliphatic carbocycles. The van der Waals surface area contributed by atoms with Crippen LogP contribution in [0, 0.1) is 11.8 Å². The summed E-state index contributed by atoms with van der Waals surface area (Å²) < 4.78 is 5.21. The molecule has 0 spiro atoms. The number of ether oxygens (including phenoxy) is 1. The van der Waals surface area contributed by atoms with Crippen LogP contribution in [-0.2, 0) is 19.1 Å². The van der Waals surface area contributed by atoms with Crippen molar-refractivity contribution < 1.29 is 23.9 Å². The number of carbonyl (C=O) groups excluding carboxylic acids is 4. The normalized spacial score (nSPS) is 20.3. The minimum absolute atomic E-state index is 0.179. The van der Waals surface area contributed by atoms with E-state index in [0.29, 0.717) is 24.2 Å². The molecule has 1 aliphatic heterocycles. The van der Waals surface area contributed by atoms with Gasteiger partial charge in [0.25, 0.3) is 5.91 Å². The number of nitrogens with zero attached hydrogens (tertiary/aromatic N) is 1. The van der Waals surface area contributed by atoms with Crippen LogP contribution >= 0.6 is 0 Å². The molecule has 6 rings (SSSR count). The van der Waals surface area contributed by atoms with Gasteiger partial charge in [0, 0.05) is 11.1 Å². The van der Waals surface area contributed by atoms with E-state index < -0.39 is 18.5 Å². The summed E-state index contributed by atoms with van der Waals surface area (Å²) in [5, 5.41) is 4.67. The van der Waals surface area contributed by atoms with Crippen LogP contribution in [0.2, 0.25) is 0 Å². The molecule has 0 aromatic heterocycles. The first-order valence-electron chi connectivity index (χ1n) is 13.5. The molecule has 3 amide bonds. The molecule has 7 heteroatoms. The number of esters is 1. The van der Waals surface area contributed by atoms with E-state index in [2.05, 4.69) is 17.4 Å². The van der Waals surface area contributed by atoms with Crippen molar-refractivity contribution in [3.05, 3.63) is 108 Å². The molecule has 1 heterocycles. The highest BCUT2D eigenvalue weighted by atomic mass is 16.5. The van der Waals surface area contributed by atoms with Gasteiger partial charge in [-0.1, -0.05) is 66.7 Å². The van der Waals surface area contributed by atoms with Crippen molar-refractivity contribution in [3.63, 3.8) is 0 Å². The second-order valence-electron chi connectivity index (χ2n) is 10.3. The van der Waals surface area contributed by atoms with Gasteiger partial charge in [-0.25, -0.2) is 4.79 Å². The standard InChI is InChI=1S/C33H28N2O5/c36-30(34-29-12-6-10-22-9-4-5-11-26(22)29)20-40-33(39)23-13-16-25(17-14-23)35-31(37)27-18-15-24(19-28(27)32(35)38)21-7-2-1-3-8-21/h1-14,16-17,24,27-28H,15,18-20H2,(H,34,36)/t24-,27-,28-/m1/s1. The average molecular weight is 533 g/mol. The molecule has 1 saturated heterocycles. The van der Waals surface area contributed by atoms with Gasteiger partial charge in [-0.15, -0.1) is 0 Å². The van der Waals surface area contributed by atoms with E-state index in [1.54, 1.807) is 18.2 Å². The minimum Gasteiger partial charge on any atom is -0.452 e. The number of amides is 3. The lowest BCUT2D eigenvalue weighted by atomic mass is 9.73. The summed E-state index contributed by atoms with van der Waals surface area (Å²) in [7, 11) is 0. The summed E-state index contributed by atoms with van der Waals surface area (Å²) in [5.74, 6) is -1.87. The number of hydrogen-bond donors (Lipinski definition) is 1. The van der Waals surface area contributed by atoms with Crippen LogP contribution in [0.4, 0.5) is 11.4 Å². The Hall–Kier alpha value is -4.78. The molecule has 1 saturated carbocycles. The Morgan fingerprint density at radius 3 is 2.27 bits per heavy atom. The van der Waals surface area contributed by atoms with Gasteiger partial charge in [0.15, 0.2) is 6.61 Å². The van der Waals surface area contributed by atoms with Gasteiger partial charge in [-0.05, 0) is 66.5 Å². The third-order valence-corrected chi connectivity index (χ3v) is 7.96. The summed E-state index contributed by atoms with van der Waals surface area (Å²) >= 11 is 0. The largest absolute Gasteiger partial charge is 0.452 e. The summed E-state index contributed by atoms with van der Waals surface area (Å²) in [6, 6.07) is 29.6. The predicted molar refractivity (Wildman–Crippen MR) is 152 cm³/mol. The third kappa shape index (κ3) is 4.86. The molecule has 40 heavy (non-hydrogen) atoms. The lowest BCUT2D eigenvalue weighted by Gasteiger charge is -2.28. The molecule has 200 valence electrons. The van der Waals surface area contributed by atoms with Gasteiger partial charge in [0.1, 0.15) is 0 Å². The highest BCUT2D eigenvalue weighted by Crippen LogP contribution is 2.45. The van der Waals surface area contributed by atoms with Crippen LogP contribution in [0.3, 0.4) is 0 Å². The maximum atomic E-state index is 13.3. The number of imide groups is 1. The Labute approximate surface area is 231 Å². The smallest absolute Gasteiger partial charge is 0.338 e. The SMILES string of the molecule is O=C(COC(=O)c1ccc(N2C(=O)[C@@H]3CC[C@@H](c4ccccc4)C[C@H]3C2=O)cc1)Nc1cccc2ccccc12. The van der Waals surface area contributed by atoms with Gasteiger partial charge in [-0.3, -0.25) is 19.3 Å². The molecule has 2 aliphatic rings. The van der Waals surface area contributed by atoms with Gasteiger partial charge in [0.05, 0.1) is 23.1 Å². The number of carbonyl (C=O) groups is 4. The number of hydrogen-bond acceptors (Lipinski definition) is 5. The molecule has 3 atom stereocenters. The molecule has 0 unspecified atom stereocenters. The number of anilines is 2. The lowest BCUT2D eigenvalue weighted by molar-refractivity contribution is -0.122. The molecule has 4 aromatic rings. The van der Waals surface area contributed by atoms with Gasteiger partial charge in [0.2, 0.25) is 11.8 Å². The van der Waals surface area contributed by atoms with Gasteiger partial charge in [-0.2, -0.15) is 0 Å². The highest BCUT2D eigenvalue weighted by Gasteiger charge is 2.50. The Morgan fingerprint density at radius 1 is 0.775 bits per heavy atom. The quantitative estimate of drug-likeness (QED) is 0.254. The number of nitrogens with one attached hydrogen (secondary N) is 1. The van der Waals surface area contributed by atoms with Crippen molar-refractivity contribution in [1.29, 1.82) is 0 Å². The first-order chi connectivity index (χ1) is 19.5. The van der Waals surface area contributed by atoms with Crippen LogP contribution in [0.1, 0.15) is 41.1 Å². The van der Waals surface area contributed by atoms with E-state index in [1.807, 2.05) is 54.6 Å². The van der Waals surface area contributed by atoms with Crippen molar-refractivity contribution in [2.45, 2.75) is 25.2 Å². The second kappa shape index (κ2) is 10.8. The Morgan fingerprint density at radius 2 is 1.48 bits per heavy atom. The van der Waals surface area contributed by atoms with E-state index in [4.69, 9.17) is 4.74 Å². The Balaban J connectivity index is 1.08. The van der Waals surface area contributed by atoms with E-state index in [9.17, 15) is 19.2 Å². The molecular formula is C33H28N2O5. The first kappa shape index (κ1) is 25.5. The van der Waals surface area contributed by atoms with Crippen LogP contribution < -0.4 is 10.2 Å². The fourth-order valence-corrected chi connectivity index (χ4v) is 5.94. The monoisotopic (exact) mass is 532 g/mol. The van der Waals surface area contributed by atoms with E-state index in [0.717, 1.165) is 17.2 Å². The zero-order valence-corrected chi connectivity index (χ0v) is 21.8. The molecule has 2 fully saturated rings. The minimum atomic E-state index is -0.668. The van der Waals surface area contributed by atoms with Crippen LogP contribution in [0.15, 0.2) is 97.1 Å². The summed E-state index contributed by atoms with van der Waals surface area (Å²) in [6.07, 6.45) is 2.20. The molecule has 1 N–H and O–H groups in total. The van der Waals surface area contributed by atoms with E-state index >= 15 is 0 Å². The number of rotatable bonds is 6. The Bertz CT molecular complexity index is 1590. The van der Waals surface area contributed by atoms with Gasteiger partial charge >= 0.3 is 5.97 Å². The fourth-order valence-electron chi connectivity index (χ4n) is 5.94. The first-order valence-corrected chi connectivity index (χ1v) is 13.5. The van der Waals surface area contributed by atoms with Crippen molar-refractivity contribution in [2.75, 3.05) is 16.8 Å². The molecular weight excluding hydrogens is 504 g/mol. The maximum absolute atomic E-state index is 13.3. The molecule has 0 bridgehead atoms. The zero-order chi connectivity index (χ0) is 27.6. The molecule has 7 nitrogen and oxygen atoms in total. The highest BCUT2D eigenvalue weighted by molar-refractivity contribution is 6.22. The maximum Gasteiger partial charge on any atom is 0.338 e. The van der Waals surface area contributed by atoms with Crippen molar-refractivity contribution >= 4 is 45.8 Å². The lowest BCUT2D eigenvalue weighted by Crippen LogP contribution is -2.30. The zero-order valence-electron chi connectivity index (χ0n) is 21.8. The van der Waals surface area contributed by atoms with Gasteiger partial charge < -0.3 is 10.1 Å². The number of benzene rings is 4. The topological polar surface area (TPSA) is 92.8 Å².